The molecule has 2 N–H and O–H groups in total. The van der Waals surface area contributed by atoms with Crippen molar-refractivity contribution in [1.82, 2.24) is 9.97 Å². The van der Waals surface area contributed by atoms with Crippen LogP contribution >= 0.6 is 0 Å². The van der Waals surface area contributed by atoms with Crippen LogP contribution in [-0.4, -0.2) is 21.8 Å². The van der Waals surface area contributed by atoms with Gasteiger partial charge < -0.3 is 10.6 Å². The fraction of sp³-hybridized carbons (Fsp3) is 0.250. The van der Waals surface area contributed by atoms with Crippen molar-refractivity contribution >= 4 is 40.3 Å². The van der Waals surface area contributed by atoms with Gasteiger partial charge in [-0.3, -0.25) is 14.6 Å². The average Bonchev–Trinajstić information content (AvgIpc) is 2.80. The molecule has 0 spiro atoms. The van der Waals surface area contributed by atoms with Crippen LogP contribution in [0.4, 0.5) is 15.8 Å². The van der Waals surface area contributed by atoms with Crippen LogP contribution in [0.25, 0.3) is 17.1 Å². The number of hydrogen-bond donors (Lipinski definition) is 2. The molecular formula is C24H23FN4O2. The monoisotopic (exact) mass is 418 g/mol. The quantitative estimate of drug-likeness (QED) is 0.575. The van der Waals surface area contributed by atoms with Crippen molar-refractivity contribution < 1.29 is 14.0 Å². The molecule has 2 aromatic carbocycles. The zero-order chi connectivity index (χ0) is 21.6. The molecule has 1 aliphatic rings. The van der Waals surface area contributed by atoms with Crippen LogP contribution in [-0.2, 0) is 9.59 Å². The maximum atomic E-state index is 14.2. The van der Waals surface area contributed by atoms with Crippen LogP contribution in [0.2, 0.25) is 0 Å². The number of nitrogens with one attached hydrogen (secondary N) is 2. The number of hydrogen-bond acceptors (Lipinski definition) is 4. The van der Waals surface area contributed by atoms with E-state index >= 15 is 0 Å². The van der Waals surface area contributed by atoms with E-state index in [4.69, 9.17) is 0 Å². The van der Waals surface area contributed by atoms with E-state index in [9.17, 15) is 14.0 Å². The van der Waals surface area contributed by atoms with E-state index in [1.165, 1.54) is 24.3 Å². The number of amides is 2. The van der Waals surface area contributed by atoms with Crippen LogP contribution in [0, 0.1) is 11.7 Å². The van der Waals surface area contributed by atoms with Gasteiger partial charge in [0.05, 0.1) is 28.6 Å². The molecule has 0 radical (unpaired) electrons. The number of anilines is 2. The second-order valence-corrected chi connectivity index (χ2v) is 7.62. The maximum absolute atomic E-state index is 14.2. The van der Waals surface area contributed by atoms with Crippen molar-refractivity contribution in [3.05, 3.63) is 66.2 Å². The molecule has 0 atom stereocenters. The minimum absolute atomic E-state index is 0.0674. The lowest BCUT2D eigenvalue weighted by Gasteiger charge is -2.21. The predicted molar refractivity (Wildman–Crippen MR) is 119 cm³/mol. The summed E-state index contributed by atoms with van der Waals surface area (Å²) in [4.78, 5) is 33.4. The van der Waals surface area contributed by atoms with E-state index in [-0.39, 0.29) is 17.5 Å². The van der Waals surface area contributed by atoms with Crippen molar-refractivity contribution in [1.29, 1.82) is 0 Å². The summed E-state index contributed by atoms with van der Waals surface area (Å²) in [6.45, 7) is 0. The van der Waals surface area contributed by atoms with Gasteiger partial charge >= 0.3 is 0 Å². The second-order valence-electron chi connectivity index (χ2n) is 7.62. The number of para-hydroxylation sites is 2. The second kappa shape index (κ2) is 9.47. The summed E-state index contributed by atoms with van der Waals surface area (Å²) < 4.78 is 14.2. The third-order valence-corrected chi connectivity index (χ3v) is 5.34. The highest BCUT2D eigenvalue weighted by molar-refractivity contribution is 6.02. The van der Waals surface area contributed by atoms with Gasteiger partial charge in [0.2, 0.25) is 11.8 Å². The molecule has 2 amide bonds. The van der Waals surface area contributed by atoms with Gasteiger partial charge in [-0.1, -0.05) is 31.4 Å². The van der Waals surface area contributed by atoms with Gasteiger partial charge in [0, 0.05) is 17.7 Å². The van der Waals surface area contributed by atoms with Gasteiger partial charge in [-0.2, -0.15) is 0 Å². The first kappa shape index (κ1) is 20.7. The molecule has 7 heteroatoms. The highest BCUT2D eigenvalue weighted by Crippen LogP contribution is 2.26. The number of aromatic nitrogens is 2. The molecular weight excluding hydrogens is 395 g/mol. The molecule has 3 aromatic rings. The van der Waals surface area contributed by atoms with Crippen LogP contribution in [0.1, 0.15) is 37.8 Å². The Balaban J connectivity index is 1.41. The van der Waals surface area contributed by atoms with E-state index in [2.05, 4.69) is 20.6 Å². The molecule has 4 rings (SSSR count). The lowest BCUT2D eigenvalue weighted by molar-refractivity contribution is -0.120. The number of rotatable bonds is 5. The third-order valence-electron chi connectivity index (χ3n) is 5.34. The molecule has 1 aliphatic carbocycles. The van der Waals surface area contributed by atoms with Crippen LogP contribution in [0.3, 0.4) is 0 Å². The molecule has 0 unspecified atom stereocenters. The minimum Gasteiger partial charge on any atom is -0.323 e. The van der Waals surface area contributed by atoms with Crippen molar-refractivity contribution in [3.8, 4) is 0 Å². The topological polar surface area (TPSA) is 84.0 Å². The normalized spacial score (nSPS) is 14.6. The van der Waals surface area contributed by atoms with Crippen LogP contribution in [0.15, 0.2) is 54.7 Å². The summed E-state index contributed by atoms with van der Waals surface area (Å²) in [6.07, 6.45) is 9.31. The maximum Gasteiger partial charge on any atom is 0.248 e. The number of carbonyl (C=O) groups is 2. The fourth-order valence-corrected chi connectivity index (χ4v) is 3.70. The summed E-state index contributed by atoms with van der Waals surface area (Å²) in [5.74, 6) is -1.19. The standard InChI is InChI=1S/C24H23FN4O2/c25-19-12-10-17(14-22(19)29-24(31)16-6-2-1-3-7-16)28-23(30)13-11-18-15-26-20-8-4-5-9-21(20)27-18/h4-5,8-16H,1-3,6-7H2,(H,28,30)(H,29,31)/b13-11+. The van der Waals surface area contributed by atoms with E-state index in [1.807, 2.05) is 24.3 Å². The molecule has 0 aliphatic heterocycles. The van der Waals surface area contributed by atoms with Crippen molar-refractivity contribution in [2.24, 2.45) is 5.92 Å². The van der Waals surface area contributed by atoms with E-state index < -0.39 is 11.7 Å². The Labute approximate surface area is 179 Å². The minimum atomic E-state index is -0.538. The first-order chi connectivity index (χ1) is 15.1. The van der Waals surface area contributed by atoms with E-state index in [1.54, 1.807) is 12.3 Å². The van der Waals surface area contributed by atoms with Gasteiger partial charge in [-0.15, -0.1) is 0 Å². The Bertz CT molecular complexity index is 1140. The first-order valence-electron chi connectivity index (χ1n) is 10.4. The summed E-state index contributed by atoms with van der Waals surface area (Å²) in [6, 6.07) is 11.6. The molecule has 1 aromatic heterocycles. The predicted octanol–water partition coefficient (Wildman–Crippen LogP) is 4.94. The van der Waals surface area contributed by atoms with Gasteiger partial charge in [-0.05, 0) is 49.2 Å². The molecule has 158 valence electrons. The highest BCUT2D eigenvalue weighted by Gasteiger charge is 2.22. The van der Waals surface area contributed by atoms with Gasteiger partial charge in [0.25, 0.3) is 0 Å². The van der Waals surface area contributed by atoms with Crippen molar-refractivity contribution in [2.45, 2.75) is 32.1 Å². The SMILES string of the molecule is O=C(/C=C/c1cnc2ccccc2n1)Nc1ccc(F)c(NC(=O)C2CCCCC2)c1. The Morgan fingerprint density at radius 1 is 1.00 bits per heavy atom. The number of fused-ring (bicyclic) bond motifs is 1. The van der Waals surface area contributed by atoms with Crippen LogP contribution < -0.4 is 10.6 Å². The summed E-state index contributed by atoms with van der Waals surface area (Å²) in [5.41, 5.74) is 2.52. The summed E-state index contributed by atoms with van der Waals surface area (Å²) in [5, 5.41) is 5.34. The Morgan fingerprint density at radius 3 is 2.58 bits per heavy atom. The largest absolute Gasteiger partial charge is 0.323 e. The summed E-state index contributed by atoms with van der Waals surface area (Å²) >= 11 is 0. The van der Waals surface area contributed by atoms with Gasteiger partial charge in [-0.25, -0.2) is 9.37 Å². The Kier molecular flexibility index (Phi) is 6.31. The molecule has 6 nitrogen and oxygen atoms in total. The smallest absolute Gasteiger partial charge is 0.248 e. The number of halogens is 1. The number of benzene rings is 2. The van der Waals surface area contributed by atoms with E-state index in [0.717, 1.165) is 43.1 Å². The summed E-state index contributed by atoms with van der Waals surface area (Å²) in [7, 11) is 0. The lowest BCUT2D eigenvalue weighted by atomic mass is 9.88. The molecule has 1 saturated carbocycles. The third kappa shape index (κ3) is 5.31. The number of carbonyl (C=O) groups excluding carboxylic acids is 2. The Morgan fingerprint density at radius 2 is 1.77 bits per heavy atom. The van der Waals surface area contributed by atoms with Crippen LogP contribution in [0.5, 0.6) is 0 Å². The molecule has 1 fully saturated rings. The van der Waals surface area contributed by atoms with Gasteiger partial charge in [0.1, 0.15) is 5.82 Å². The fourth-order valence-electron chi connectivity index (χ4n) is 3.70. The molecule has 0 bridgehead atoms. The zero-order valence-electron chi connectivity index (χ0n) is 17.0. The molecule has 31 heavy (non-hydrogen) atoms. The molecule has 0 saturated heterocycles. The Hall–Kier alpha value is -3.61. The van der Waals surface area contributed by atoms with Gasteiger partial charge in [0.15, 0.2) is 0 Å². The van der Waals surface area contributed by atoms with Crippen molar-refractivity contribution in [3.63, 3.8) is 0 Å². The molecule has 1 heterocycles. The zero-order valence-corrected chi connectivity index (χ0v) is 17.0. The highest BCUT2D eigenvalue weighted by atomic mass is 19.1. The van der Waals surface area contributed by atoms with Crippen molar-refractivity contribution in [2.75, 3.05) is 10.6 Å². The lowest BCUT2D eigenvalue weighted by Crippen LogP contribution is -2.25. The number of nitrogens with zero attached hydrogens (tertiary/aromatic N) is 2. The van der Waals surface area contributed by atoms with E-state index in [0.29, 0.717) is 11.4 Å². The first-order valence-corrected chi connectivity index (χ1v) is 10.4. The average molecular weight is 418 g/mol.